The van der Waals surface area contributed by atoms with Gasteiger partial charge in [-0.05, 0) is 48.9 Å². The van der Waals surface area contributed by atoms with Gasteiger partial charge in [-0.3, -0.25) is 0 Å². The fourth-order valence-electron chi connectivity index (χ4n) is 3.13. The van der Waals surface area contributed by atoms with E-state index in [9.17, 15) is 0 Å². The van der Waals surface area contributed by atoms with E-state index in [4.69, 9.17) is 0 Å². The Bertz CT molecular complexity index is 358. The predicted molar refractivity (Wildman–Crippen MR) is 82.0 cm³/mol. The summed E-state index contributed by atoms with van der Waals surface area (Å²) in [5, 5.41) is 3.55. The van der Waals surface area contributed by atoms with E-state index in [1.165, 1.54) is 42.1 Å². The van der Waals surface area contributed by atoms with E-state index in [0.29, 0.717) is 5.92 Å². The zero-order valence-electron chi connectivity index (χ0n) is 11.3. The van der Waals surface area contributed by atoms with Crippen molar-refractivity contribution in [2.24, 2.45) is 5.92 Å². The van der Waals surface area contributed by atoms with Crippen LogP contribution in [-0.4, -0.2) is 13.1 Å². The van der Waals surface area contributed by atoms with Crippen molar-refractivity contribution in [3.63, 3.8) is 0 Å². The molecule has 1 aliphatic carbocycles. The van der Waals surface area contributed by atoms with E-state index >= 15 is 0 Å². The monoisotopic (exact) mass is 309 g/mol. The van der Waals surface area contributed by atoms with Crippen molar-refractivity contribution in [3.05, 3.63) is 34.3 Å². The van der Waals surface area contributed by atoms with E-state index in [2.05, 4.69) is 52.4 Å². The van der Waals surface area contributed by atoms with Crippen molar-refractivity contribution in [3.8, 4) is 0 Å². The Morgan fingerprint density at radius 3 is 2.72 bits per heavy atom. The van der Waals surface area contributed by atoms with Gasteiger partial charge < -0.3 is 5.32 Å². The lowest BCUT2D eigenvalue weighted by atomic mass is 9.77. The highest BCUT2D eigenvalue weighted by Crippen LogP contribution is 2.36. The molecule has 0 aliphatic heterocycles. The van der Waals surface area contributed by atoms with Crippen molar-refractivity contribution in [2.45, 2.75) is 44.9 Å². The van der Waals surface area contributed by atoms with Crippen LogP contribution in [0, 0.1) is 5.92 Å². The van der Waals surface area contributed by atoms with Crippen LogP contribution in [0.3, 0.4) is 0 Å². The zero-order valence-corrected chi connectivity index (χ0v) is 12.9. The van der Waals surface area contributed by atoms with Gasteiger partial charge in [0.05, 0.1) is 0 Å². The fourth-order valence-corrected chi connectivity index (χ4v) is 3.55. The van der Waals surface area contributed by atoms with Crippen LogP contribution in [-0.2, 0) is 0 Å². The second-order valence-corrected chi connectivity index (χ2v) is 6.28. The first kappa shape index (κ1) is 14.1. The van der Waals surface area contributed by atoms with Crippen LogP contribution in [0.25, 0.3) is 0 Å². The third-order valence-corrected chi connectivity index (χ3v) is 4.60. The largest absolute Gasteiger partial charge is 0.316 e. The predicted octanol–water partition coefficient (Wildman–Crippen LogP) is 4.72. The molecule has 2 rings (SSSR count). The molecule has 2 heteroatoms. The highest BCUT2D eigenvalue weighted by molar-refractivity contribution is 9.10. The van der Waals surface area contributed by atoms with Gasteiger partial charge in [0.2, 0.25) is 0 Å². The Morgan fingerprint density at radius 1 is 1.28 bits per heavy atom. The molecule has 0 radical (unpaired) electrons. The zero-order chi connectivity index (χ0) is 12.8. The molecule has 0 amide bonds. The highest BCUT2D eigenvalue weighted by atomic mass is 79.9. The van der Waals surface area contributed by atoms with Gasteiger partial charge in [0.25, 0.3) is 0 Å². The van der Waals surface area contributed by atoms with Crippen molar-refractivity contribution in [2.75, 3.05) is 13.1 Å². The molecule has 18 heavy (non-hydrogen) atoms. The summed E-state index contributed by atoms with van der Waals surface area (Å²) in [5.41, 5.74) is 1.50. The first-order valence-corrected chi connectivity index (χ1v) is 8.06. The molecule has 0 bridgehead atoms. The molecule has 1 fully saturated rings. The Kier molecular flexibility index (Phi) is 5.71. The summed E-state index contributed by atoms with van der Waals surface area (Å²) in [5.74, 6) is 1.55. The molecule has 1 nitrogen and oxygen atoms in total. The van der Waals surface area contributed by atoms with Crippen molar-refractivity contribution in [1.82, 2.24) is 5.32 Å². The van der Waals surface area contributed by atoms with Crippen LogP contribution in [0.1, 0.15) is 50.5 Å². The molecular formula is C16H24BrN. The molecular weight excluding hydrogens is 286 g/mol. The Morgan fingerprint density at radius 2 is 2.06 bits per heavy atom. The lowest BCUT2D eigenvalue weighted by Gasteiger charge is -2.31. The summed E-state index contributed by atoms with van der Waals surface area (Å²) < 4.78 is 1.21. The highest BCUT2D eigenvalue weighted by Gasteiger charge is 2.24. The van der Waals surface area contributed by atoms with E-state index in [0.717, 1.165) is 19.0 Å². The van der Waals surface area contributed by atoms with Gasteiger partial charge in [-0.25, -0.2) is 0 Å². The summed E-state index contributed by atoms with van der Waals surface area (Å²) in [6.45, 7) is 4.38. The van der Waals surface area contributed by atoms with E-state index < -0.39 is 0 Å². The SMILES string of the molecule is CCNCC(c1cccc(Br)c1)C1CCCCC1. The number of benzene rings is 1. The summed E-state index contributed by atoms with van der Waals surface area (Å²) in [7, 11) is 0. The molecule has 1 aromatic carbocycles. The average molecular weight is 310 g/mol. The summed E-state index contributed by atoms with van der Waals surface area (Å²) in [6.07, 6.45) is 7.08. The molecule has 1 saturated carbocycles. The standard InChI is InChI=1S/C16H24BrN/c1-2-18-12-16(13-7-4-3-5-8-13)14-9-6-10-15(17)11-14/h6,9-11,13,16,18H,2-5,7-8,12H2,1H3. The van der Waals surface area contributed by atoms with Crippen LogP contribution < -0.4 is 5.32 Å². The van der Waals surface area contributed by atoms with E-state index in [1.807, 2.05) is 0 Å². The second-order valence-electron chi connectivity index (χ2n) is 5.37. The summed E-state index contributed by atoms with van der Waals surface area (Å²) in [4.78, 5) is 0. The van der Waals surface area contributed by atoms with Gasteiger partial charge >= 0.3 is 0 Å². The maximum Gasteiger partial charge on any atom is 0.0178 e. The molecule has 1 unspecified atom stereocenters. The molecule has 1 aromatic rings. The fraction of sp³-hybridized carbons (Fsp3) is 0.625. The summed E-state index contributed by atoms with van der Waals surface area (Å²) >= 11 is 3.60. The third kappa shape index (κ3) is 3.83. The van der Waals surface area contributed by atoms with Crippen molar-refractivity contribution >= 4 is 15.9 Å². The van der Waals surface area contributed by atoms with Crippen LogP contribution in [0.15, 0.2) is 28.7 Å². The minimum absolute atomic E-state index is 0.683. The van der Waals surface area contributed by atoms with E-state index in [1.54, 1.807) is 0 Å². The first-order chi connectivity index (χ1) is 8.81. The van der Waals surface area contributed by atoms with Crippen molar-refractivity contribution in [1.29, 1.82) is 0 Å². The van der Waals surface area contributed by atoms with Crippen LogP contribution in [0.5, 0.6) is 0 Å². The molecule has 1 N–H and O–H groups in total. The van der Waals surface area contributed by atoms with Gasteiger partial charge in [0.15, 0.2) is 0 Å². The normalized spacial score (nSPS) is 18.8. The van der Waals surface area contributed by atoms with Gasteiger partial charge in [0.1, 0.15) is 0 Å². The van der Waals surface area contributed by atoms with Crippen molar-refractivity contribution < 1.29 is 0 Å². The number of likely N-dealkylation sites (N-methyl/N-ethyl adjacent to an activating group) is 1. The Hall–Kier alpha value is -0.340. The summed E-state index contributed by atoms with van der Waals surface area (Å²) in [6, 6.07) is 8.88. The molecule has 0 saturated heterocycles. The minimum Gasteiger partial charge on any atom is -0.316 e. The number of halogens is 1. The first-order valence-electron chi connectivity index (χ1n) is 7.27. The van der Waals surface area contributed by atoms with Crippen LogP contribution in [0.2, 0.25) is 0 Å². The number of nitrogens with one attached hydrogen (secondary N) is 1. The molecule has 1 aliphatic rings. The minimum atomic E-state index is 0.683. The molecule has 0 heterocycles. The number of rotatable bonds is 5. The lowest BCUT2D eigenvalue weighted by Crippen LogP contribution is -2.27. The van der Waals surface area contributed by atoms with Crippen LogP contribution in [0.4, 0.5) is 0 Å². The molecule has 0 spiro atoms. The molecule has 100 valence electrons. The maximum absolute atomic E-state index is 3.60. The average Bonchev–Trinajstić information content (AvgIpc) is 2.40. The quantitative estimate of drug-likeness (QED) is 0.829. The Balaban J connectivity index is 2.12. The van der Waals surface area contributed by atoms with Gasteiger partial charge in [0, 0.05) is 11.0 Å². The third-order valence-electron chi connectivity index (χ3n) is 4.11. The number of hydrogen-bond acceptors (Lipinski definition) is 1. The molecule has 0 aromatic heterocycles. The topological polar surface area (TPSA) is 12.0 Å². The molecule has 1 atom stereocenters. The smallest absolute Gasteiger partial charge is 0.0178 e. The van der Waals surface area contributed by atoms with Gasteiger partial charge in [-0.2, -0.15) is 0 Å². The second kappa shape index (κ2) is 7.30. The lowest BCUT2D eigenvalue weighted by molar-refractivity contribution is 0.298. The van der Waals surface area contributed by atoms with E-state index in [-0.39, 0.29) is 0 Å². The number of hydrogen-bond donors (Lipinski definition) is 1. The maximum atomic E-state index is 3.60. The van der Waals surface area contributed by atoms with Crippen LogP contribution >= 0.6 is 15.9 Å². The Labute approximate surface area is 119 Å². The van der Waals surface area contributed by atoms with Gasteiger partial charge in [-0.15, -0.1) is 0 Å². The van der Waals surface area contributed by atoms with Gasteiger partial charge in [-0.1, -0.05) is 54.2 Å².